The van der Waals surface area contributed by atoms with Gasteiger partial charge in [0.25, 0.3) is 0 Å². The molecule has 2 saturated heterocycles. The second kappa shape index (κ2) is 33.6. The number of epoxide rings is 2. The smallest absolute Gasteiger partial charge is 0.119 e. The van der Waals surface area contributed by atoms with E-state index in [-0.39, 0.29) is 6.10 Å². The summed E-state index contributed by atoms with van der Waals surface area (Å²) in [7, 11) is 3.24. The van der Waals surface area contributed by atoms with Crippen LogP contribution in [0, 0.1) is 6.92 Å². The van der Waals surface area contributed by atoms with Crippen LogP contribution in [0.5, 0.6) is 17.2 Å². The van der Waals surface area contributed by atoms with Gasteiger partial charge in [-0.3, -0.25) is 0 Å². The monoisotopic (exact) mass is 692 g/mol. The lowest BCUT2D eigenvalue weighted by molar-refractivity contribution is 0.0625. The minimum Gasteiger partial charge on any atom is -0.497 e. The van der Waals surface area contributed by atoms with Gasteiger partial charge in [-0.1, -0.05) is 138 Å². The van der Waals surface area contributed by atoms with Gasteiger partial charge >= 0.3 is 0 Å². The first-order valence-corrected chi connectivity index (χ1v) is 17.7. The van der Waals surface area contributed by atoms with Crippen LogP contribution in [0.3, 0.4) is 0 Å². The van der Waals surface area contributed by atoms with Gasteiger partial charge in [-0.2, -0.15) is 0 Å². The van der Waals surface area contributed by atoms with Crippen LogP contribution in [0.15, 0.2) is 121 Å². The normalized spacial score (nSPS) is 14.7. The molecule has 4 aromatic rings. The second-order valence-corrected chi connectivity index (χ2v) is 11.3. The molecule has 7 heteroatoms. The molecule has 3 atom stereocenters. The van der Waals surface area contributed by atoms with E-state index in [2.05, 4.69) is 51.5 Å². The minimum atomic E-state index is -0.273. The quantitative estimate of drug-likeness (QED) is 0.166. The molecule has 4 aromatic carbocycles. The van der Waals surface area contributed by atoms with E-state index in [4.69, 9.17) is 28.8 Å². The lowest BCUT2D eigenvalue weighted by Gasteiger charge is -2.02. The summed E-state index contributed by atoms with van der Waals surface area (Å²) in [6.07, 6.45) is 3.68. The highest BCUT2D eigenvalue weighted by Gasteiger charge is 2.23. The number of para-hydroxylation sites is 3. The molecule has 2 aliphatic rings. The lowest BCUT2D eigenvalue weighted by atomic mass is 10.2. The standard InChI is InChI=1S/2C9H10O2.C7H8O.C7H8.C5H12O2.2C3H8/c2*1-2-4-8(5-3-1)10-6-9-7-11-9;1-8-7-5-3-2-4-6-7;1-7-5-3-2-4-6-7;1-3-5(6)4-7-2;2*1-3-2/h2*1-5,9H,6-7H2;2-6H,1H3;2-6H,1H3;5-6H,3-4H2,1-2H3;2*3H2,1-2H3. The fraction of sp³-hybridized carbons (Fsp3) is 0.442. The maximum atomic E-state index is 8.73. The first kappa shape index (κ1) is 46.1. The zero-order valence-corrected chi connectivity index (χ0v) is 31.8. The van der Waals surface area contributed by atoms with E-state index < -0.39 is 0 Å². The van der Waals surface area contributed by atoms with Gasteiger partial charge in [0.15, 0.2) is 0 Å². The molecule has 0 amide bonds. The van der Waals surface area contributed by atoms with E-state index >= 15 is 0 Å². The second-order valence-electron chi connectivity index (χ2n) is 11.3. The largest absolute Gasteiger partial charge is 0.497 e. The lowest BCUT2D eigenvalue weighted by Crippen LogP contribution is -2.11. The average Bonchev–Trinajstić information content (AvgIpc) is 4.10. The highest BCUT2D eigenvalue weighted by molar-refractivity contribution is 5.22. The first-order chi connectivity index (χ1) is 24.4. The Balaban J connectivity index is 0.000000585. The molecule has 50 heavy (non-hydrogen) atoms. The molecule has 0 bridgehead atoms. The predicted molar refractivity (Wildman–Crippen MR) is 208 cm³/mol. The molecule has 278 valence electrons. The maximum Gasteiger partial charge on any atom is 0.119 e. The highest BCUT2D eigenvalue weighted by Crippen LogP contribution is 2.14. The molecule has 0 aromatic heterocycles. The molecule has 2 heterocycles. The van der Waals surface area contributed by atoms with E-state index in [9.17, 15) is 0 Å². The number of hydrogen-bond donors (Lipinski definition) is 1. The van der Waals surface area contributed by atoms with Gasteiger partial charge in [0.05, 0.1) is 33.0 Å². The Bertz CT molecular complexity index is 1150. The number of hydrogen-bond acceptors (Lipinski definition) is 7. The van der Waals surface area contributed by atoms with E-state index in [1.807, 2.05) is 116 Å². The van der Waals surface area contributed by atoms with Crippen molar-refractivity contribution in [2.45, 2.75) is 79.1 Å². The van der Waals surface area contributed by atoms with Gasteiger partial charge in [-0.25, -0.2) is 0 Å². The van der Waals surface area contributed by atoms with Crippen molar-refractivity contribution >= 4 is 0 Å². The summed E-state index contributed by atoms with van der Waals surface area (Å²) < 4.78 is 30.4. The number of aliphatic hydroxyl groups is 1. The van der Waals surface area contributed by atoms with E-state index in [0.717, 1.165) is 36.9 Å². The number of benzene rings is 4. The Hall–Kier alpha value is -3.88. The summed E-state index contributed by atoms with van der Waals surface area (Å²) >= 11 is 0. The van der Waals surface area contributed by atoms with Crippen molar-refractivity contribution in [1.29, 1.82) is 0 Å². The Morgan fingerprint density at radius 2 is 0.900 bits per heavy atom. The molecular weight excluding hydrogens is 628 g/mol. The first-order valence-electron chi connectivity index (χ1n) is 17.7. The Labute approximate surface area is 303 Å². The fourth-order valence-electron chi connectivity index (χ4n) is 3.14. The van der Waals surface area contributed by atoms with Crippen LogP contribution in [0.4, 0.5) is 0 Å². The summed E-state index contributed by atoms with van der Waals surface area (Å²) in [6, 6.07) is 39.5. The van der Waals surface area contributed by atoms with Gasteiger partial charge in [-0.15, -0.1) is 0 Å². The van der Waals surface area contributed by atoms with Gasteiger partial charge in [0, 0.05) is 7.11 Å². The van der Waals surface area contributed by atoms with E-state index in [0.29, 0.717) is 32.0 Å². The summed E-state index contributed by atoms with van der Waals surface area (Å²) in [5, 5.41) is 8.73. The summed E-state index contributed by atoms with van der Waals surface area (Å²) in [6.45, 7) is 16.0. The van der Waals surface area contributed by atoms with Gasteiger partial charge < -0.3 is 33.5 Å². The molecule has 7 nitrogen and oxygen atoms in total. The maximum absolute atomic E-state index is 8.73. The molecule has 2 aliphatic heterocycles. The fourth-order valence-corrected chi connectivity index (χ4v) is 3.14. The molecule has 0 saturated carbocycles. The number of aryl methyl sites for hydroxylation is 1. The molecule has 0 radical (unpaired) electrons. The third-order valence-electron chi connectivity index (χ3n) is 5.91. The third kappa shape index (κ3) is 31.4. The SMILES string of the molecule is CCC.CCC.CCC(O)COC.COc1ccccc1.Cc1ccccc1.c1ccc(OCC2CO2)cc1.c1ccc(OCC2CO2)cc1. The van der Waals surface area contributed by atoms with Crippen molar-refractivity contribution in [2.24, 2.45) is 0 Å². The zero-order valence-electron chi connectivity index (χ0n) is 31.8. The number of ether oxygens (including phenoxy) is 6. The summed E-state index contributed by atoms with van der Waals surface area (Å²) in [5.41, 5.74) is 1.32. The number of rotatable bonds is 10. The van der Waals surface area contributed by atoms with Crippen LogP contribution < -0.4 is 14.2 Å². The highest BCUT2D eigenvalue weighted by atomic mass is 16.6. The number of aliphatic hydroxyl groups excluding tert-OH is 1. The predicted octanol–water partition coefficient (Wildman–Crippen LogP) is 9.85. The van der Waals surface area contributed by atoms with Crippen molar-refractivity contribution in [2.75, 3.05) is 47.3 Å². The number of methoxy groups -OCH3 is 2. The van der Waals surface area contributed by atoms with E-state index in [1.54, 1.807) is 14.2 Å². The van der Waals surface area contributed by atoms with Gasteiger partial charge in [0.2, 0.25) is 0 Å². The third-order valence-corrected chi connectivity index (χ3v) is 5.91. The van der Waals surface area contributed by atoms with Crippen LogP contribution >= 0.6 is 0 Å². The molecular formula is C43H64O7. The molecule has 0 aliphatic carbocycles. The van der Waals surface area contributed by atoms with Crippen molar-refractivity contribution in [1.82, 2.24) is 0 Å². The molecule has 0 spiro atoms. The Kier molecular flexibility index (Phi) is 31.0. The minimum absolute atomic E-state index is 0.273. The topological polar surface area (TPSA) is 82.2 Å². The molecule has 6 rings (SSSR count). The van der Waals surface area contributed by atoms with Crippen molar-refractivity contribution in [3.8, 4) is 17.2 Å². The molecule has 2 fully saturated rings. The molecule has 1 N–H and O–H groups in total. The van der Waals surface area contributed by atoms with Crippen LogP contribution in [0.25, 0.3) is 0 Å². The Morgan fingerprint density at radius 3 is 1.10 bits per heavy atom. The van der Waals surface area contributed by atoms with Gasteiger partial charge in [0.1, 0.15) is 42.7 Å². The van der Waals surface area contributed by atoms with Gasteiger partial charge in [-0.05, 0) is 49.7 Å². The van der Waals surface area contributed by atoms with Crippen molar-refractivity contribution in [3.63, 3.8) is 0 Å². The average molecular weight is 693 g/mol. The summed E-state index contributed by atoms with van der Waals surface area (Å²) in [4.78, 5) is 0. The van der Waals surface area contributed by atoms with Crippen molar-refractivity contribution < 1.29 is 33.5 Å². The Morgan fingerprint density at radius 1 is 0.580 bits per heavy atom. The van der Waals surface area contributed by atoms with E-state index in [1.165, 1.54) is 18.4 Å². The van der Waals surface area contributed by atoms with Crippen LogP contribution in [0.2, 0.25) is 0 Å². The summed E-state index contributed by atoms with van der Waals surface area (Å²) in [5.74, 6) is 2.75. The molecule has 3 unspecified atom stereocenters. The van der Waals surface area contributed by atoms with Crippen LogP contribution in [-0.2, 0) is 14.2 Å². The van der Waals surface area contributed by atoms with Crippen LogP contribution in [0.1, 0.15) is 59.4 Å². The van der Waals surface area contributed by atoms with Crippen LogP contribution in [-0.4, -0.2) is 70.7 Å². The zero-order chi connectivity index (χ0) is 37.1. The van der Waals surface area contributed by atoms with Crippen molar-refractivity contribution in [3.05, 3.63) is 127 Å².